The Hall–Kier alpha value is -4.09. The first-order chi connectivity index (χ1) is 17.0. The maximum atomic E-state index is 12.9. The second-order valence-corrected chi connectivity index (χ2v) is 8.61. The molecule has 3 heterocycles. The number of para-hydroxylation sites is 1. The molecule has 35 heavy (non-hydrogen) atoms. The van der Waals surface area contributed by atoms with Gasteiger partial charge in [0.05, 0.1) is 23.9 Å². The summed E-state index contributed by atoms with van der Waals surface area (Å²) in [7, 11) is 3.16. The van der Waals surface area contributed by atoms with Crippen LogP contribution in [0.1, 0.15) is 37.5 Å². The van der Waals surface area contributed by atoms with E-state index in [2.05, 4.69) is 15.4 Å². The summed E-state index contributed by atoms with van der Waals surface area (Å²) in [4.78, 5) is 44.4. The Morgan fingerprint density at radius 1 is 1.06 bits per heavy atom. The highest BCUT2D eigenvalue weighted by molar-refractivity contribution is 7.15. The van der Waals surface area contributed by atoms with Crippen molar-refractivity contribution in [3.8, 4) is 17.0 Å². The van der Waals surface area contributed by atoms with Crippen LogP contribution in [0, 0.1) is 0 Å². The lowest BCUT2D eigenvalue weighted by Gasteiger charge is -2.12. The molecule has 10 nitrogen and oxygen atoms in total. The first-order valence-electron chi connectivity index (χ1n) is 10.8. The maximum Gasteiger partial charge on any atom is 0.261 e. The number of imide groups is 1. The minimum atomic E-state index is -0.483. The Balaban J connectivity index is 1.37. The number of fused-ring (bicyclic) bond motifs is 2. The van der Waals surface area contributed by atoms with Crippen LogP contribution in [0.3, 0.4) is 0 Å². The number of methoxy groups -OCH3 is 2. The monoisotopic (exact) mass is 491 g/mol. The number of benzene rings is 2. The number of nitrogens with one attached hydrogen (secondary N) is 1. The van der Waals surface area contributed by atoms with E-state index in [4.69, 9.17) is 9.47 Å². The fourth-order valence-electron chi connectivity index (χ4n) is 3.95. The predicted molar refractivity (Wildman–Crippen MR) is 129 cm³/mol. The van der Waals surface area contributed by atoms with Crippen molar-refractivity contribution in [2.75, 3.05) is 32.7 Å². The van der Waals surface area contributed by atoms with Gasteiger partial charge in [0.15, 0.2) is 0 Å². The molecule has 11 heteroatoms. The lowest BCUT2D eigenvalue weighted by molar-refractivity contribution is 0.0638. The lowest BCUT2D eigenvalue weighted by atomic mass is 10.1. The van der Waals surface area contributed by atoms with E-state index < -0.39 is 11.8 Å². The van der Waals surface area contributed by atoms with Crippen molar-refractivity contribution < 1.29 is 23.9 Å². The number of anilines is 1. The van der Waals surface area contributed by atoms with Crippen molar-refractivity contribution in [3.63, 3.8) is 0 Å². The van der Waals surface area contributed by atoms with Gasteiger partial charge in [0.25, 0.3) is 23.7 Å². The minimum absolute atomic E-state index is 0.127. The van der Waals surface area contributed by atoms with E-state index >= 15 is 0 Å². The molecule has 0 radical (unpaired) electrons. The van der Waals surface area contributed by atoms with Crippen LogP contribution in [0.5, 0.6) is 5.75 Å². The molecule has 5 rings (SSSR count). The first-order valence-corrected chi connectivity index (χ1v) is 11.7. The fraction of sp³-hybridized carbons (Fsp3) is 0.208. The molecule has 0 aliphatic carbocycles. The van der Waals surface area contributed by atoms with Gasteiger partial charge in [0, 0.05) is 36.8 Å². The molecule has 4 aromatic rings. The molecule has 2 aromatic heterocycles. The summed E-state index contributed by atoms with van der Waals surface area (Å²) in [6.45, 7) is 0.695. The van der Waals surface area contributed by atoms with E-state index in [1.807, 2.05) is 29.6 Å². The number of nitrogens with zero attached hydrogens (tertiary/aromatic N) is 4. The maximum absolute atomic E-state index is 12.9. The summed E-state index contributed by atoms with van der Waals surface area (Å²) < 4.78 is 12.1. The average Bonchev–Trinajstić information content (AvgIpc) is 3.52. The minimum Gasteiger partial charge on any atom is -0.496 e. The van der Waals surface area contributed by atoms with Gasteiger partial charge in [-0.1, -0.05) is 12.1 Å². The Bertz CT molecular complexity index is 1460. The van der Waals surface area contributed by atoms with Gasteiger partial charge in [-0.15, -0.1) is 16.4 Å². The molecule has 2 aromatic carbocycles. The third kappa shape index (κ3) is 4.04. The number of thiazole rings is 1. The van der Waals surface area contributed by atoms with Crippen molar-refractivity contribution in [3.05, 3.63) is 64.5 Å². The van der Waals surface area contributed by atoms with Gasteiger partial charge in [-0.2, -0.15) is 4.98 Å². The molecule has 0 saturated carbocycles. The highest BCUT2D eigenvalue weighted by atomic mass is 32.1. The molecule has 1 aliphatic rings. The highest BCUT2D eigenvalue weighted by Crippen LogP contribution is 2.32. The van der Waals surface area contributed by atoms with Gasteiger partial charge >= 0.3 is 0 Å². The molecular weight excluding hydrogens is 470 g/mol. The Kier molecular flexibility index (Phi) is 6.01. The molecular formula is C24H21N5O5S. The van der Waals surface area contributed by atoms with E-state index in [1.54, 1.807) is 18.7 Å². The Morgan fingerprint density at radius 2 is 1.86 bits per heavy atom. The van der Waals surface area contributed by atoms with Gasteiger partial charge in [-0.3, -0.25) is 24.6 Å². The molecule has 178 valence electrons. The standard InChI is InChI=1S/C24H21N5O5S/c1-33-11-5-10-28-21(31)15-9-8-14(12-17(15)22(28)32)20(30)25-23-26-24-29(27-23)18(13-35-24)16-6-3-4-7-19(16)34-2/h3-4,6-9,12-13H,5,10-11H2,1-2H3,(H,25,27,30). The van der Waals surface area contributed by atoms with Gasteiger partial charge in [-0.25, -0.2) is 4.52 Å². The van der Waals surface area contributed by atoms with Gasteiger partial charge in [0.1, 0.15) is 5.75 Å². The molecule has 0 spiro atoms. The Labute approximate surface area is 204 Å². The third-order valence-electron chi connectivity index (χ3n) is 5.65. The number of hydrogen-bond donors (Lipinski definition) is 1. The second-order valence-electron chi connectivity index (χ2n) is 7.77. The van der Waals surface area contributed by atoms with Crippen molar-refractivity contribution in [2.24, 2.45) is 0 Å². The Morgan fingerprint density at radius 3 is 2.66 bits per heavy atom. The molecule has 1 N–H and O–H groups in total. The number of carbonyl (C=O) groups excluding carboxylic acids is 3. The lowest BCUT2D eigenvalue weighted by Crippen LogP contribution is -2.31. The van der Waals surface area contributed by atoms with Crippen LogP contribution in [0.25, 0.3) is 16.2 Å². The van der Waals surface area contributed by atoms with Crippen molar-refractivity contribution in [1.82, 2.24) is 19.5 Å². The SMILES string of the molecule is COCCCN1C(=O)c2ccc(C(=O)Nc3nc4scc(-c5ccccc5OC)n4n3)cc2C1=O. The van der Waals surface area contributed by atoms with Crippen LogP contribution in [-0.4, -0.2) is 64.6 Å². The number of aromatic nitrogens is 3. The topological polar surface area (TPSA) is 115 Å². The van der Waals surface area contributed by atoms with E-state index in [0.29, 0.717) is 23.7 Å². The van der Waals surface area contributed by atoms with E-state index in [1.165, 1.54) is 34.4 Å². The summed E-state index contributed by atoms with van der Waals surface area (Å²) in [5.74, 6) is -0.447. The van der Waals surface area contributed by atoms with Crippen LogP contribution in [0.2, 0.25) is 0 Å². The van der Waals surface area contributed by atoms with E-state index in [0.717, 1.165) is 11.3 Å². The molecule has 0 fully saturated rings. The summed E-state index contributed by atoms with van der Waals surface area (Å²) in [5, 5.41) is 9.03. The first kappa shape index (κ1) is 22.7. The smallest absolute Gasteiger partial charge is 0.261 e. The predicted octanol–water partition coefficient (Wildman–Crippen LogP) is 3.35. The largest absolute Gasteiger partial charge is 0.496 e. The van der Waals surface area contributed by atoms with Crippen LogP contribution >= 0.6 is 11.3 Å². The van der Waals surface area contributed by atoms with Gasteiger partial charge in [0.2, 0.25) is 4.96 Å². The molecule has 0 bridgehead atoms. The average molecular weight is 492 g/mol. The number of rotatable bonds is 8. The fourth-order valence-corrected chi connectivity index (χ4v) is 4.77. The van der Waals surface area contributed by atoms with Crippen LogP contribution in [0.15, 0.2) is 47.8 Å². The number of hydrogen-bond acceptors (Lipinski definition) is 8. The van der Waals surface area contributed by atoms with Crippen LogP contribution < -0.4 is 10.1 Å². The molecule has 1 aliphatic heterocycles. The van der Waals surface area contributed by atoms with Crippen molar-refractivity contribution in [2.45, 2.75) is 6.42 Å². The summed E-state index contributed by atoms with van der Waals surface area (Å²) >= 11 is 1.38. The zero-order valence-corrected chi connectivity index (χ0v) is 19.8. The van der Waals surface area contributed by atoms with Crippen LogP contribution in [0.4, 0.5) is 5.95 Å². The van der Waals surface area contributed by atoms with E-state index in [9.17, 15) is 14.4 Å². The summed E-state index contributed by atoms with van der Waals surface area (Å²) in [5.41, 5.74) is 2.35. The molecule has 0 atom stereocenters. The van der Waals surface area contributed by atoms with Gasteiger partial charge in [-0.05, 0) is 36.8 Å². The summed E-state index contributed by atoms with van der Waals surface area (Å²) in [6, 6.07) is 12.0. The zero-order valence-electron chi connectivity index (χ0n) is 19.0. The van der Waals surface area contributed by atoms with Gasteiger partial charge < -0.3 is 9.47 Å². The van der Waals surface area contributed by atoms with Crippen molar-refractivity contribution >= 4 is 40.0 Å². The molecule has 0 unspecified atom stereocenters. The molecule has 0 saturated heterocycles. The van der Waals surface area contributed by atoms with Crippen LogP contribution in [-0.2, 0) is 4.74 Å². The van der Waals surface area contributed by atoms with E-state index in [-0.39, 0.29) is 35.1 Å². The van der Waals surface area contributed by atoms with Crippen molar-refractivity contribution in [1.29, 1.82) is 0 Å². The highest BCUT2D eigenvalue weighted by Gasteiger charge is 2.35. The molecule has 3 amide bonds. The quantitative estimate of drug-likeness (QED) is 0.297. The zero-order chi connectivity index (χ0) is 24.5. The summed E-state index contributed by atoms with van der Waals surface area (Å²) in [6.07, 6.45) is 0.537. The third-order valence-corrected chi connectivity index (χ3v) is 6.47. The number of amides is 3. The number of ether oxygens (including phenoxy) is 2. The second kappa shape index (κ2) is 9.28. The number of carbonyl (C=O) groups is 3. The normalized spacial score (nSPS) is 12.9.